The molecule has 0 spiro atoms. The normalized spacial score (nSPS) is 54.0. The molecule has 0 heterocycles. The van der Waals surface area contributed by atoms with Gasteiger partial charge in [-0.15, -0.1) is 11.6 Å². The summed E-state index contributed by atoms with van der Waals surface area (Å²) in [7, 11) is 0. The van der Waals surface area contributed by atoms with Gasteiger partial charge in [0.1, 0.15) is 0 Å². The molecule has 0 aliphatic heterocycles. The number of halogens is 1. The zero-order chi connectivity index (χ0) is 19.9. The molecule has 0 aromatic rings. The number of rotatable bonds is 1. The molecule has 0 aromatic carbocycles. The Morgan fingerprint density at radius 2 is 1.96 bits per heavy atom. The first-order chi connectivity index (χ1) is 12.5. The van der Waals surface area contributed by atoms with Gasteiger partial charge in [-0.25, -0.2) is 4.79 Å². The van der Waals surface area contributed by atoms with E-state index in [1.54, 1.807) is 19.1 Å². The highest BCUT2D eigenvalue weighted by Crippen LogP contribution is 2.68. The highest BCUT2D eigenvalue weighted by Gasteiger charge is 2.71. The maximum atomic E-state index is 12.0. The van der Waals surface area contributed by atoms with Gasteiger partial charge in [-0.1, -0.05) is 26.8 Å². The SMILES string of the molecule is C[C@H]1C[C@H]2[C@@H]3C[C@H](Cl)C4=CC(=O)C=C[C@]4(C)[C@H]3[C@@H](O)C[C@]2(C)[C@@]1(O)C(=O)O. The third kappa shape index (κ3) is 2.19. The van der Waals surface area contributed by atoms with Crippen LogP contribution < -0.4 is 0 Å². The van der Waals surface area contributed by atoms with Gasteiger partial charge in [0, 0.05) is 16.7 Å². The van der Waals surface area contributed by atoms with E-state index in [1.807, 2.05) is 19.9 Å². The largest absolute Gasteiger partial charge is 0.479 e. The lowest BCUT2D eigenvalue weighted by Crippen LogP contribution is -2.63. The van der Waals surface area contributed by atoms with Crippen molar-refractivity contribution in [1.82, 2.24) is 0 Å². The van der Waals surface area contributed by atoms with Gasteiger partial charge in [-0.2, -0.15) is 0 Å². The number of carboxylic acids is 1. The zero-order valence-corrected chi connectivity index (χ0v) is 16.6. The quantitative estimate of drug-likeness (QED) is 0.594. The number of carbonyl (C=O) groups is 2. The second-order valence-corrected chi connectivity index (χ2v) is 10.0. The topological polar surface area (TPSA) is 94.8 Å². The van der Waals surface area contributed by atoms with Crippen LogP contribution in [-0.2, 0) is 9.59 Å². The van der Waals surface area contributed by atoms with Crippen LogP contribution >= 0.6 is 11.6 Å². The molecule has 0 radical (unpaired) electrons. The van der Waals surface area contributed by atoms with Crippen molar-refractivity contribution in [3.8, 4) is 0 Å². The van der Waals surface area contributed by atoms with Crippen LogP contribution in [0.25, 0.3) is 0 Å². The maximum absolute atomic E-state index is 12.0. The number of carbonyl (C=O) groups excluding carboxylic acids is 1. The van der Waals surface area contributed by atoms with Gasteiger partial charge in [0.05, 0.1) is 11.5 Å². The number of alkyl halides is 1. The van der Waals surface area contributed by atoms with Gasteiger partial charge < -0.3 is 15.3 Å². The standard InChI is InChI=1S/C21H27ClO5/c1-10-6-13-12-8-15(22)14-7-11(23)4-5-19(14,2)17(12)16(24)9-20(13,3)21(10,27)18(25)26/h4-5,7,10,12-13,15-17,24,27H,6,8-9H2,1-3H3,(H,25,26)/t10-,12-,13-,15-,16-,17+,19-,20-,21-/m0/s1. The molecular formula is C21H27ClO5. The van der Waals surface area contributed by atoms with E-state index in [1.165, 1.54) is 0 Å². The lowest BCUT2D eigenvalue weighted by molar-refractivity contribution is -0.197. The van der Waals surface area contributed by atoms with E-state index >= 15 is 0 Å². The van der Waals surface area contributed by atoms with Crippen LogP contribution in [0.1, 0.15) is 40.0 Å². The molecule has 0 aromatic heterocycles. The Balaban J connectivity index is 1.82. The summed E-state index contributed by atoms with van der Waals surface area (Å²) >= 11 is 6.70. The summed E-state index contributed by atoms with van der Waals surface area (Å²) in [5.74, 6) is -1.91. The van der Waals surface area contributed by atoms with Gasteiger partial charge in [0.15, 0.2) is 11.4 Å². The first kappa shape index (κ1) is 19.2. The highest BCUT2D eigenvalue weighted by molar-refractivity contribution is 6.23. The lowest BCUT2D eigenvalue weighted by Gasteiger charge is -2.60. The Morgan fingerprint density at radius 1 is 1.30 bits per heavy atom. The average Bonchev–Trinajstić information content (AvgIpc) is 2.78. The molecule has 9 atom stereocenters. The van der Waals surface area contributed by atoms with Crippen LogP contribution in [0.4, 0.5) is 0 Å². The van der Waals surface area contributed by atoms with E-state index in [0.717, 1.165) is 5.57 Å². The van der Waals surface area contributed by atoms with Crippen LogP contribution in [0.2, 0.25) is 0 Å². The van der Waals surface area contributed by atoms with Crippen molar-refractivity contribution in [2.45, 2.75) is 57.1 Å². The smallest absolute Gasteiger partial charge is 0.336 e. The number of hydrogen-bond acceptors (Lipinski definition) is 4. The summed E-state index contributed by atoms with van der Waals surface area (Å²) in [5.41, 5.74) is -2.46. The van der Waals surface area contributed by atoms with E-state index in [-0.39, 0.29) is 35.3 Å². The fourth-order valence-corrected chi connectivity index (χ4v) is 7.63. The summed E-state index contributed by atoms with van der Waals surface area (Å²) in [6, 6.07) is 0. The molecule has 3 fully saturated rings. The molecule has 0 bridgehead atoms. The number of aliphatic carboxylic acids is 1. The van der Waals surface area contributed by atoms with E-state index < -0.39 is 34.4 Å². The summed E-state index contributed by atoms with van der Waals surface area (Å²) in [4.78, 5) is 23.9. The molecule has 6 heteroatoms. The number of fused-ring (bicyclic) bond motifs is 5. The van der Waals surface area contributed by atoms with Crippen LogP contribution in [0.5, 0.6) is 0 Å². The molecule has 3 saturated carbocycles. The minimum atomic E-state index is -1.86. The second-order valence-electron chi connectivity index (χ2n) is 9.51. The minimum absolute atomic E-state index is 0.0166. The van der Waals surface area contributed by atoms with Crippen LogP contribution in [-0.4, -0.2) is 44.2 Å². The fourth-order valence-electron chi connectivity index (χ4n) is 7.12. The summed E-state index contributed by atoms with van der Waals surface area (Å²) in [6.45, 7) is 5.61. The van der Waals surface area contributed by atoms with Crippen molar-refractivity contribution in [2.75, 3.05) is 0 Å². The molecule has 0 unspecified atom stereocenters. The van der Waals surface area contributed by atoms with Gasteiger partial charge in [0.2, 0.25) is 0 Å². The predicted molar refractivity (Wildman–Crippen MR) is 100 cm³/mol. The van der Waals surface area contributed by atoms with Gasteiger partial charge in [-0.05, 0) is 54.7 Å². The molecule has 4 aliphatic rings. The fraction of sp³-hybridized carbons (Fsp3) is 0.714. The number of hydrogen-bond donors (Lipinski definition) is 3. The van der Waals surface area contributed by atoms with Crippen molar-refractivity contribution in [1.29, 1.82) is 0 Å². The van der Waals surface area contributed by atoms with E-state index in [0.29, 0.717) is 12.8 Å². The van der Waals surface area contributed by atoms with Crippen molar-refractivity contribution in [3.63, 3.8) is 0 Å². The lowest BCUT2D eigenvalue weighted by atomic mass is 9.46. The second kappa shape index (κ2) is 5.68. The molecule has 4 rings (SSSR count). The van der Waals surface area contributed by atoms with Crippen molar-refractivity contribution < 1.29 is 24.9 Å². The molecule has 3 N–H and O–H groups in total. The zero-order valence-electron chi connectivity index (χ0n) is 15.9. The first-order valence-corrected chi connectivity index (χ1v) is 10.1. The van der Waals surface area contributed by atoms with E-state index in [2.05, 4.69) is 0 Å². The summed E-state index contributed by atoms with van der Waals surface area (Å²) < 4.78 is 0. The Kier molecular flexibility index (Phi) is 4.03. The predicted octanol–water partition coefficient (Wildman–Crippen LogP) is 2.54. The Labute approximate surface area is 164 Å². The number of carboxylic acid groups (broad SMARTS) is 1. The van der Waals surface area contributed by atoms with Gasteiger partial charge >= 0.3 is 5.97 Å². The third-order valence-electron chi connectivity index (χ3n) is 8.38. The Hall–Kier alpha value is -1.17. The summed E-state index contributed by atoms with van der Waals surface area (Å²) in [6.07, 6.45) is 5.62. The average molecular weight is 395 g/mol. The highest BCUT2D eigenvalue weighted by atomic mass is 35.5. The van der Waals surface area contributed by atoms with Crippen molar-refractivity contribution >= 4 is 23.4 Å². The van der Waals surface area contributed by atoms with Gasteiger partial charge in [0.25, 0.3) is 0 Å². The first-order valence-electron chi connectivity index (χ1n) is 9.70. The van der Waals surface area contributed by atoms with Crippen LogP contribution in [0.15, 0.2) is 23.8 Å². The molecule has 148 valence electrons. The molecule has 0 amide bonds. The maximum Gasteiger partial charge on any atom is 0.336 e. The Morgan fingerprint density at radius 3 is 2.59 bits per heavy atom. The Bertz CT molecular complexity index is 775. The van der Waals surface area contributed by atoms with Crippen molar-refractivity contribution in [2.24, 2.45) is 34.5 Å². The van der Waals surface area contributed by atoms with Crippen LogP contribution in [0.3, 0.4) is 0 Å². The van der Waals surface area contributed by atoms with Gasteiger partial charge in [-0.3, -0.25) is 4.79 Å². The number of allylic oxidation sites excluding steroid dienone is 4. The number of aliphatic hydroxyl groups excluding tert-OH is 1. The molecule has 27 heavy (non-hydrogen) atoms. The molecule has 4 aliphatic carbocycles. The van der Waals surface area contributed by atoms with Crippen LogP contribution in [0, 0.1) is 34.5 Å². The number of aliphatic hydroxyl groups is 2. The minimum Gasteiger partial charge on any atom is -0.479 e. The summed E-state index contributed by atoms with van der Waals surface area (Å²) in [5, 5.41) is 31.9. The monoisotopic (exact) mass is 394 g/mol. The molecule has 0 saturated heterocycles. The van der Waals surface area contributed by atoms with E-state index in [4.69, 9.17) is 11.6 Å². The van der Waals surface area contributed by atoms with Crippen molar-refractivity contribution in [3.05, 3.63) is 23.8 Å². The number of ketones is 1. The molecular weight excluding hydrogens is 368 g/mol. The van der Waals surface area contributed by atoms with E-state index in [9.17, 15) is 24.9 Å². The molecule has 5 nitrogen and oxygen atoms in total. The third-order valence-corrected chi connectivity index (χ3v) is 8.80.